The third-order valence-corrected chi connectivity index (χ3v) is 5.64. The summed E-state index contributed by atoms with van der Waals surface area (Å²) in [5.41, 5.74) is 2.49. The van der Waals surface area contributed by atoms with Gasteiger partial charge in [-0.25, -0.2) is 4.98 Å². The third-order valence-electron chi connectivity index (χ3n) is 3.60. The van der Waals surface area contributed by atoms with E-state index in [1.807, 2.05) is 31.4 Å². The lowest BCUT2D eigenvalue weighted by Gasteiger charge is -2.13. The van der Waals surface area contributed by atoms with E-state index in [-0.39, 0.29) is 11.3 Å². The number of nitrogens with zero attached hydrogens (tertiary/aromatic N) is 1. The molecule has 0 atom stereocenters. The number of carbonyl (C=O) groups excluding carboxylic acids is 1. The van der Waals surface area contributed by atoms with Gasteiger partial charge in [0.2, 0.25) is 0 Å². The van der Waals surface area contributed by atoms with Crippen LogP contribution in [0.3, 0.4) is 0 Å². The Bertz CT molecular complexity index is 960. The highest BCUT2D eigenvalue weighted by atomic mass is 32.2. The molecule has 0 aliphatic carbocycles. The van der Waals surface area contributed by atoms with Gasteiger partial charge in [0.1, 0.15) is 5.75 Å². The molecule has 1 amide bonds. The van der Waals surface area contributed by atoms with Gasteiger partial charge in [-0.15, -0.1) is 11.3 Å². The van der Waals surface area contributed by atoms with Crippen LogP contribution in [0.1, 0.15) is 21.6 Å². The molecule has 27 heavy (non-hydrogen) atoms. The number of aryl methyl sites for hydroxylation is 2. The van der Waals surface area contributed by atoms with Crippen molar-refractivity contribution in [3.63, 3.8) is 0 Å². The average Bonchev–Trinajstić information content (AvgIpc) is 3.02. The van der Waals surface area contributed by atoms with E-state index < -0.39 is 12.5 Å². The van der Waals surface area contributed by atoms with Gasteiger partial charge >= 0.3 is 6.61 Å². The highest BCUT2D eigenvalue weighted by Crippen LogP contribution is 2.32. The molecule has 0 saturated heterocycles. The fraction of sp³-hybridized carbons (Fsp3) is 0.158. The number of hydrogen-bond donors (Lipinski definition) is 1. The molecular weight excluding hydrogens is 390 g/mol. The number of benzene rings is 2. The zero-order valence-electron chi connectivity index (χ0n) is 14.5. The summed E-state index contributed by atoms with van der Waals surface area (Å²) in [6, 6.07) is 11.5. The number of amides is 1. The largest absolute Gasteiger partial charge is 0.434 e. The van der Waals surface area contributed by atoms with Crippen molar-refractivity contribution in [1.82, 2.24) is 4.98 Å². The van der Waals surface area contributed by atoms with E-state index in [2.05, 4.69) is 15.0 Å². The van der Waals surface area contributed by atoms with Gasteiger partial charge in [-0.2, -0.15) is 8.78 Å². The van der Waals surface area contributed by atoms with Gasteiger partial charge in [0.25, 0.3) is 5.91 Å². The predicted molar refractivity (Wildman–Crippen MR) is 103 cm³/mol. The molecule has 1 heterocycles. The normalized spacial score (nSPS) is 10.9. The minimum Gasteiger partial charge on any atom is -0.434 e. The van der Waals surface area contributed by atoms with Crippen molar-refractivity contribution in [2.45, 2.75) is 29.7 Å². The topological polar surface area (TPSA) is 51.2 Å². The second kappa shape index (κ2) is 8.49. The van der Waals surface area contributed by atoms with E-state index >= 15 is 0 Å². The van der Waals surface area contributed by atoms with Gasteiger partial charge in [0, 0.05) is 21.7 Å². The molecule has 0 saturated carbocycles. The molecule has 0 bridgehead atoms. The van der Waals surface area contributed by atoms with Crippen LogP contribution in [-0.2, 0) is 0 Å². The highest BCUT2D eigenvalue weighted by molar-refractivity contribution is 8.01. The average molecular weight is 406 g/mol. The van der Waals surface area contributed by atoms with Crippen LogP contribution in [0.15, 0.2) is 57.1 Å². The zero-order valence-corrected chi connectivity index (χ0v) is 16.2. The fourth-order valence-corrected chi connectivity index (χ4v) is 4.27. The number of rotatable bonds is 6. The predicted octanol–water partition coefficient (Wildman–Crippen LogP) is 5.76. The van der Waals surface area contributed by atoms with Crippen molar-refractivity contribution in [1.29, 1.82) is 0 Å². The molecule has 0 radical (unpaired) electrons. The molecule has 3 aromatic rings. The van der Waals surface area contributed by atoms with Crippen molar-refractivity contribution in [3.8, 4) is 5.75 Å². The van der Waals surface area contributed by atoms with Crippen LogP contribution in [-0.4, -0.2) is 17.5 Å². The summed E-state index contributed by atoms with van der Waals surface area (Å²) in [6.45, 7) is 0.820. The Morgan fingerprint density at radius 3 is 2.67 bits per heavy atom. The van der Waals surface area contributed by atoms with Crippen molar-refractivity contribution in [2.75, 3.05) is 5.32 Å². The lowest BCUT2D eigenvalue weighted by molar-refractivity contribution is -0.0501. The molecule has 0 unspecified atom stereocenters. The SMILES string of the molecule is Cc1csc(Sc2ccc(NC(=O)c3ccccc3OC(F)F)c(C)c2)n1. The molecule has 1 aromatic heterocycles. The summed E-state index contributed by atoms with van der Waals surface area (Å²) in [4.78, 5) is 17.9. The van der Waals surface area contributed by atoms with Crippen molar-refractivity contribution in [3.05, 3.63) is 64.7 Å². The molecule has 2 aromatic carbocycles. The van der Waals surface area contributed by atoms with Crippen LogP contribution in [0.2, 0.25) is 0 Å². The number of alkyl halides is 2. The van der Waals surface area contributed by atoms with E-state index in [4.69, 9.17) is 0 Å². The van der Waals surface area contributed by atoms with E-state index in [1.165, 1.54) is 18.2 Å². The Morgan fingerprint density at radius 1 is 1.22 bits per heavy atom. The summed E-state index contributed by atoms with van der Waals surface area (Å²) < 4.78 is 30.4. The molecule has 140 valence electrons. The number of hydrogen-bond acceptors (Lipinski definition) is 5. The van der Waals surface area contributed by atoms with E-state index in [1.54, 1.807) is 35.2 Å². The summed E-state index contributed by atoms with van der Waals surface area (Å²) in [5, 5.41) is 4.74. The van der Waals surface area contributed by atoms with Gasteiger partial charge < -0.3 is 10.1 Å². The Balaban J connectivity index is 1.75. The maximum absolute atomic E-state index is 12.5. The van der Waals surface area contributed by atoms with Crippen LogP contribution < -0.4 is 10.1 Å². The molecule has 8 heteroatoms. The van der Waals surface area contributed by atoms with Crippen molar-refractivity contribution in [2.24, 2.45) is 0 Å². The molecular formula is C19H16F2N2O2S2. The first kappa shape index (κ1) is 19.3. The standard InChI is InChI=1S/C19H16F2N2O2S2/c1-11-9-13(27-19-22-12(2)10-26-19)7-8-15(11)23-17(24)14-5-3-4-6-16(14)25-18(20)21/h3-10,18H,1-2H3,(H,23,24). The number of carbonyl (C=O) groups is 1. The van der Waals surface area contributed by atoms with E-state index in [0.29, 0.717) is 5.69 Å². The molecule has 0 aliphatic rings. The lowest BCUT2D eigenvalue weighted by atomic mass is 10.1. The van der Waals surface area contributed by atoms with Gasteiger partial charge in [-0.05, 0) is 49.7 Å². The smallest absolute Gasteiger partial charge is 0.387 e. The Hall–Kier alpha value is -2.45. The second-order valence-electron chi connectivity index (χ2n) is 5.66. The van der Waals surface area contributed by atoms with Crippen LogP contribution in [0, 0.1) is 13.8 Å². The minimum absolute atomic E-state index is 0.0499. The van der Waals surface area contributed by atoms with E-state index in [0.717, 1.165) is 20.5 Å². The van der Waals surface area contributed by atoms with Crippen LogP contribution in [0.4, 0.5) is 14.5 Å². The summed E-state index contributed by atoms with van der Waals surface area (Å²) in [6.07, 6.45) is 0. The van der Waals surface area contributed by atoms with Gasteiger partial charge in [-0.3, -0.25) is 4.79 Å². The summed E-state index contributed by atoms with van der Waals surface area (Å²) in [5.74, 6) is -0.667. The molecule has 0 spiro atoms. The molecule has 4 nitrogen and oxygen atoms in total. The fourth-order valence-electron chi connectivity index (χ4n) is 2.36. The maximum Gasteiger partial charge on any atom is 0.387 e. The number of para-hydroxylation sites is 1. The number of nitrogens with one attached hydrogen (secondary N) is 1. The number of halogens is 2. The second-order valence-corrected chi connectivity index (χ2v) is 7.84. The molecule has 0 aliphatic heterocycles. The highest BCUT2D eigenvalue weighted by Gasteiger charge is 2.16. The first-order valence-corrected chi connectivity index (χ1v) is 9.68. The van der Waals surface area contributed by atoms with E-state index in [9.17, 15) is 13.6 Å². The summed E-state index contributed by atoms with van der Waals surface area (Å²) >= 11 is 3.12. The summed E-state index contributed by atoms with van der Waals surface area (Å²) in [7, 11) is 0. The Morgan fingerprint density at radius 2 is 2.00 bits per heavy atom. The van der Waals surface area contributed by atoms with Gasteiger partial charge in [0.05, 0.1) is 5.56 Å². The molecule has 3 rings (SSSR count). The monoisotopic (exact) mass is 406 g/mol. The van der Waals surface area contributed by atoms with Gasteiger partial charge in [-0.1, -0.05) is 23.9 Å². The lowest BCUT2D eigenvalue weighted by Crippen LogP contribution is -2.15. The minimum atomic E-state index is -2.99. The molecule has 1 N–H and O–H groups in total. The quantitative estimate of drug-likeness (QED) is 0.565. The Labute approximate surface area is 163 Å². The van der Waals surface area contributed by atoms with Gasteiger partial charge in [0.15, 0.2) is 4.34 Å². The van der Waals surface area contributed by atoms with Crippen LogP contribution >= 0.6 is 23.1 Å². The van der Waals surface area contributed by atoms with Crippen LogP contribution in [0.5, 0.6) is 5.75 Å². The zero-order chi connectivity index (χ0) is 19.4. The first-order valence-electron chi connectivity index (χ1n) is 7.98. The molecule has 0 fully saturated rings. The number of anilines is 1. The maximum atomic E-state index is 12.5. The number of ether oxygens (including phenoxy) is 1. The van der Waals surface area contributed by atoms with Crippen molar-refractivity contribution >= 4 is 34.7 Å². The van der Waals surface area contributed by atoms with Crippen molar-refractivity contribution < 1.29 is 18.3 Å². The van der Waals surface area contributed by atoms with Crippen LogP contribution in [0.25, 0.3) is 0 Å². The third kappa shape index (κ3) is 5.05. The Kier molecular flexibility index (Phi) is 6.08. The first-order chi connectivity index (χ1) is 12.9. The number of aromatic nitrogens is 1. The number of thiazole rings is 1.